The molecular weight excluding hydrogens is 198 g/mol. The van der Waals surface area contributed by atoms with Crippen molar-refractivity contribution in [2.24, 2.45) is 0 Å². The quantitative estimate of drug-likeness (QED) is 0.830. The van der Waals surface area contributed by atoms with Gasteiger partial charge in [0.05, 0.1) is 7.11 Å². The lowest BCUT2D eigenvalue weighted by atomic mass is 10.1. The number of hydrogen-bond acceptors (Lipinski definition) is 2. The smallest absolute Gasteiger partial charge is 0.122 e. The van der Waals surface area contributed by atoms with Crippen LogP contribution in [0.2, 0.25) is 5.02 Å². The second-order valence-corrected chi connectivity index (χ2v) is 3.67. The minimum absolute atomic E-state index is 0.803. The molecule has 1 aromatic carbocycles. The minimum Gasteiger partial charge on any atom is -0.496 e. The van der Waals surface area contributed by atoms with Crippen LogP contribution in [-0.2, 0) is 6.42 Å². The maximum atomic E-state index is 6.05. The number of aryl methyl sites for hydroxylation is 1. The molecular formula is C11H16ClNO. The maximum Gasteiger partial charge on any atom is 0.122 e. The highest BCUT2D eigenvalue weighted by atomic mass is 35.5. The Morgan fingerprint density at radius 2 is 2.14 bits per heavy atom. The third kappa shape index (κ3) is 2.63. The Kier molecular flexibility index (Phi) is 4.23. The van der Waals surface area contributed by atoms with E-state index in [-0.39, 0.29) is 0 Å². The highest BCUT2D eigenvalue weighted by molar-refractivity contribution is 6.31. The first-order valence-corrected chi connectivity index (χ1v) is 5.04. The van der Waals surface area contributed by atoms with Gasteiger partial charge in [-0.1, -0.05) is 11.6 Å². The Morgan fingerprint density at radius 3 is 2.71 bits per heavy atom. The third-order valence-corrected chi connectivity index (χ3v) is 2.61. The average molecular weight is 214 g/mol. The van der Waals surface area contributed by atoms with Gasteiger partial charge in [-0.05, 0) is 50.2 Å². The number of rotatable bonds is 4. The second-order valence-electron chi connectivity index (χ2n) is 3.27. The first-order valence-electron chi connectivity index (χ1n) is 4.66. The van der Waals surface area contributed by atoms with Crippen LogP contribution in [0, 0.1) is 6.92 Å². The molecule has 0 radical (unpaired) electrons. The second kappa shape index (κ2) is 5.23. The van der Waals surface area contributed by atoms with Crippen molar-refractivity contribution in [1.82, 2.24) is 5.32 Å². The molecule has 0 amide bonds. The molecule has 0 saturated carbocycles. The number of likely N-dealkylation sites (N-methyl/N-ethyl adjacent to an activating group) is 1. The van der Waals surface area contributed by atoms with Crippen molar-refractivity contribution >= 4 is 11.6 Å². The standard InChI is InChI=1S/C11H16ClNO/c1-8-6-11(14-3)9(4-5-13-2)7-10(8)12/h6-7,13H,4-5H2,1-3H3. The number of halogens is 1. The molecule has 14 heavy (non-hydrogen) atoms. The van der Waals surface area contributed by atoms with Gasteiger partial charge in [0.2, 0.25) is 0 Å². The first kappa shape index (κ1) is 11.3. The maximum absolute atomic E-state index is 6.05. The molecule has 0 bridgehead atoms. The highest BCUT2D eigenvalue weighted by Gasteiger charge is 2.05. The fourth-order valence-electron chi connectivity index (χ4n) is 1.34. The SMILES string of the molecule is CNCCc1cc(Cl)c(C)cc1OC. The largest absolute Gasteiger partial charge is 0.496 e. The van der Waals surface area contributed by atoms with Crippen molar-refractivity contribution in [3.8, 4) is 5.75 Å². The van der Waals surface area contributed by atoms with Gasteiger partial charge < -0.3 is 10.1 Å². The summed E-state index contributed by atoms with van der Waals surface area (Å²) in [5.74, 6) is 0.919. The number of methoxy groups -OCH3 is 1. The summed E-state index contributed by atoms with van der Waals surface area (Å²) in [7, 11) is 3.62. The lowest BCUT2D eigenvalue weighted by Crippen LogP contribution is -2.11. The van der Waals surface area contributed by atoms with Gasteiger partial charge in [-0.2, -0.15) is 0 Å². The zero-order chi connectivity index (χ0) is 10.6. The van der Waals surface area contributed by atoms with Gasteiger partial charge in [-0.25, -0.2) is 0 Å². The minimum atomic E-state index is 0.803. The van der Waals surface area contributed by atoms with Gasteiger partial charge in [0.1, 0.15) is 5.75 Å². The summed E-state index contributed by atoms with van der Waals surface area (Å²) in [5, 5.41) is 3.91. The van der Waals surface area contributed by atoms with Crippen LogP contribution in [0.25, 0.3) is 0 Å². The van der Waals surface area contributed by atoms with Crippen LogP contribution in [0.5, 0.6) is 5.75 Å². The van der Waals surface area contributed by atoms with Crippen LogP contribution in [0.3, 0.4) is 0 Å². The highest BCUT2D eigenvalue weighted by Crippen LogP contribution is 2.26. The molecule has 0 saturated heterocycles. The predicted molar refractivity (Wildman–Crippen MR) is 60.4 cm³/mol. The van der Waals surface area contributed by atoms with Crippen LogP contribution in [0.1, 0.15) is 11.1 Å². The van der Waals surface area contributed by atoms with E-state index in [1.165, 1.54) is 0 Å². The molecule has 3 heteroatoms. The fraction of sp³-hybridized carbons (Fsp3) is 0.455. The van der Waals surface area contributed by atoms with E-state index in [4.69, 9.17) is 16.3 Å². The fourth-order valence-corrected chi connectivity index (χ4v) is 1.53. The van der Waals surface area contributed by atoms with E-state index in [0.29, 0.717) is 0 Å². The lowest BCUT2D eigenvalue weighted by Gasteiger charge is -2.10. The van der Waals surface area contributed by atoms with Crippen LogP contribution in [-0.4, -0.2) is 20.7 Å². The molecule has 1 N–H and O–H groups in total. The Balaban J connectivity index is 2.95. The molecule has 1 rings (SSSR count). The van der Waals surface area contributed by atoms with E-state index in [2.05, 4.69) is 5.32 Å². The van der Waals surface area contributed by atoms with Crippen LogP contribution < -0.4 is 10.1 Å². The number of nitrogens with one attached hydrogen (secondary N) is 1. The molecule has 0 aromatic heterocycles. The normalized spacial score (nSPS) is 10.3. The Bertz CT molecular complexity index is 312. The zero-order valence-corrected chi connectivity index (χ0v) is 9.61. The third-order valence-electron chi connectivity index (χ3n) is 2.21. The molecule has 0 aliphatic heterocycles. The Labute approximate surface area is 90.2 Å². The number of benzene rings is 1. The van der Waals surface area contributed by atoms with Gasteiger partial charge in [-0.3, -0.25) is 0 Å². The van der Waals surface area contributed by atoms with Gasteiger partial charge in [0, 0.05) is 5.02 Å². The van der Waals surface area contributed by atoms with E-state index in [1.807, 2.05) is 26.1 Å². The monoisotopic (exact) mass is 213 g/mol. The molecule has 1 aromatic rings. The van der Waals surface area contributed by atoms with E-state index >= 15 is 0 Å². The molecule has 0 spiro atoms. The molecule has 0 aliphatic rings. The van der Waals surface area contributed by atoms with Gasteiger partial charge in [0.15, 0.2) is 0 Å². The van der Waals surface area contributed by atoms with Gasteiger partial charge >= 0.3 is 0 Å². The van der Waals surface area contributed by atoms with Crippen molar-refractivity contribution in [3.63, 3.8) is 0 Å². The van der Waals surface area contributed by atoms with Crippen LogP contribution in [0.4, 0.5) is 0 Å². The average Bonchev–Trinajstić information content (AvgIpc) is 2.19. The number of ether oxygens (including phenoxy) is 1. The first-order chi connectivity index (χ1) is 6.69. The molecule has 0 heterocycles. The number of hydrogen-bond donors (Lipinski definition) is 1. The molecule has 0 aliphatic carbocycles. The summed E-state index contributed by atoms with van der Waals surface area (Å²) >= 11 is 6.05. The van der Waals surface area contributed by atoms with E-state index in [0.717, 1.165) is 34.9 Å². The van der Waals surface area contributed by atoms with Crippen molar-refractivity contribution in [1.29, 1.82) is 0 Å². The Hall–Kier alpha value is -0.730. The van der Waals surface area contributed by atoms with E-state index in [9.17, 15) is 0 Å². The summed E-state index contributed by atoms with van der Waals surface area (Å²) in [6.07, 6.45) is 0.930. The summed E-state index contributed by atoms with van der Waals surface area (Å²) in [4.78, 5) is 0. The lowest BCUT2D eigenvalue weighted by molar-refractivity contribution is 0.409. The molecule has 0 atom stereocenters. The van der Waals surface area contributed by atoms with Crippen molar-refractivity contribution < 1.29 is 4.74 Å². The summed E-state index contributed by atoms with van der Waals surface area (Å²) in [6.45, 7) is 2.91. The van der Waals surface area contributed by atoms with Crippen LogP contribution >= 0.6 is 11.6 Å². The van der Waals surface area contributed by atoms with E-state index < -0.39 is 0 Å². The molecule has 2 nitrogen and oxygen atoms in total. The van der Waals surface area contributed by atoms with E-state index in [1.54, 1.807) is 7.11 Å². The zero-order valence-electron chi connectivity index (χ0n) is 8.86. The topological polar surface area (TPSA) is 21.3 Å². The molecule has 78 valence electrons. The summed E-state index contributed by atoms with van der Waals surface area (Å²) in [5.41, 5.74) is 2.20. The molecule has 0 fully saturated rings. The Morgan fingerprint density at radius 1 is 1.43 bits per heavy atom. The van der Waals surface area contributed by atoms with Crippen molar-refractivity contribution in [2.75, 3.05) is 20.7 Å². The van der Waals surface area contributed by atoms with Gasteiger partial charge in [-0.15, -0.1) is 0 Å². The molecule has 0 unspecified atom stereocenters. The van der Waals surface area contributed by atoms with Crippen LogP contribution in [0.15, 0.2) is 12.1 Å². The van der Waals surface area contributed by atoms with Gasteiger partial charge in [0.25, 0.3) is 0 Å². The predicted octanol–water partition coefficient (Wildman–Crippen LogP) is 2.42. The summed E-state index contributed by atoms with van der Waals surface area (Å²) in [6, 6.07) is 3.96. The summed E-state index contributed by atoms with van der Waals surface area (Å²) < 4.78 is 5.29. The van der Waals surface area contributed by atoms with Crippen molar-refractivity contribution in [2.45, 2.75) is 13.3 Å². The van der Waals surface area contributed by atoms with Crippen molar-refractivity contribution in [3.05, 3.63) is 28.3 Å².